The Kier molecular flexibility index (Phi) is 2.71. The Hall–Kier alpha value is -1.23. The molecule has 76 valence electrons. The minimum atomic E-state index is -1.01. The first-order valence-corrected chi connectivity index (χ1v) is 4.74. The van der Waals surface area contributed by atoms with E-state index in [1.165, 1.54) is 0 Å². The van der Waals surface area contributed by atoms with E-state index in [1.807, 2.05) is 0 Å². The number of hydrogen-bond acceptors (Lipinski definition) is 3. The Morgan fingerprint density at radius 2 is 1.57 bits per heavy atom. The molecule has 0 amide bonds. The van der Waals surface area contributed by atoms with E-state index in [-0.39, 0.29) is 5.56 Å². The molecular formula is C9H11BrN2O2. The highest BCUT2D eigenvalue weighted by Crippen LogP contribution is 2.35. The Labute approximate surface area is 90.0 Å². The van der Waals surface area contributed by atoms with Crippen LogP contribution in [0.15, 0.2) is 4.47 Å². The topological polar surface area (TPSA) is 89.3 Å². The van der Waals surface area contributed by atoms with E-state index in [0.29, 0.717) is 27.0 Å². The van der Waals surface area contributed by atoms with Crippen molar-refractivity contribution in [3.8, 4) is 0 Å². The minimum Gasteiger partial charge on any atom is -0.478 e. The molecule has 0 radical (unpaired) electrons. The molecular weight excluding hydrogens is 248 g/mol. The van der Waals surface area contributed by atoms with Crippen LogP contribution in [-0.4, -0.2) is 11.1 Å². The highest BCUT2D eigenvalue weighted by molar-refractivity contribution is 9.10. The van der Waals surface area contributed by atoms with Gasteiger partial charge in [-0.1, -0.05) is 0 Å². The lowest BCUT2D eigenvalue weighted by atomic mass is 9.99. The van der Waals surface area contributed by atoms with Gasteiger partial charge < -0.3 is 16.6 Å². The monoisotopic (exact) mass is 258 g/mol. The first-order valence-electron chi connectivity index (χ1n) is 3.94. The second kappa shape index (κ2) is 3.49. The van der Waals surface area contributed by atoms with Gasteiger partial charge in [0.1, 0.15) is 0 Å². The molecule has 0 aromatic heterocycles. The molecule has 0 aliphatic heterocycles. The molecule has 0 heterocycles. The van der Waals surface area contributed by atoms with Crippen LogP contribution in [0.3, 0.4) is 0 Å². The molecule has 0 saturated carbocycles. The van der Waals surface area contributed by atoms with E-state index < -0.39 is 5.97 Å². The summed E-state index contributed by atoms with van der Waals surface area (Å²) in [5.41, 5.74) is 13.4. The Morgan fingerprint density at radius 3 is 1.86 bits per heavy atom. The van der Waals surface area contributed by atoms with Gasteiger partial charge in [0, 0.05) is 0 Å². The van der Waals surface area contributed by atoms with Crippen LogP contribution in [0, 0.1) is 13.8 Å². The third kappa shape index (κ3) is 1.43. The van der Waals surface area contributed by atoms with Crippen molar-refractivity contribution in [2.75, 3.05) is 11.5 Å². The normalized spacial score (nSPS) is 10.2. The predicted octanol–water partition coefficient (Wildman–Crippen LogP) is 1.93. The summed E-state index contributed by atoms with van der Waals surface area (Å²) >= 11 is 3.22. The maximum atomic E-state index is 10.9. The largest absolute Gasteiger partial charge is 0.478 e. The Balaban J connectivity index is 3.68. The summed E-state index contributed by atoms with van der Waals surface area (Å²) in [5.74, 6) is -1.01. The van der Waals surface area contributed by atoms with Crippen LogP contribution in [0.4, 0.5) is 11.4 Å². The van der Waals surface area contributed by atoms with E-state index in [2.05, 4.69) is 15.9 Å². The number of halogens is 1. The van der Waals surface area contributed by atoms with Crippen LogP contribution in [0.1, 0.15) is 21.5 Å². The third-order valence-corrected chi connectivity index (χ3v) is 3.10. The second-order valence-corrected chi connectivity index (χ2v) is 3.86. The molecule has 4 nitrogen and oxygen atoms in total. The molecule has 0 spiro atoms. The van der Waals surface area contributed by atoms with Crippen molar-refractivity contribution in [1.29, 1.82) is 0 Å². The summed E-state index contributed by atoms with van der Waals surface area (Å²) in [6.07, 6.45) is 0. The molecule has 5 heteroatoms. The zero-order valence-electron chi connectivity index (χ0n) is 7.89. The number of aromatic carboxylic acids is 1. The van der Waals surface area contributed by atoms with Gasteiger partial charge in [-0.25, -0.2) is 4.79 Å². The number of benzene rings is 1. The van der Waals surface area contributed by atoms with Crippen molar-refractivity contribution in [3.63, 3.8) is 0 Å². The third-order valence-electron chi connectivity index (χ3n) is 2.24. The average molecular weight is 259 g/mol. The maximum absolute atomic E-state index is 10.9. The van der Waals surface area contributed by atoms with Crippen molar-refractivity contribution in [2.45, 2.75) is 13.8 Å². The molecule has 0 unspecified atom stereocenters. The van der Waals surface area contributed by atoms with Gasteiger partial charge in [-0.2, -0.15) is 0 Å². The Morgan fingerprint density at radius 1 is 1.21 bits per heavy atom. The standard InChI is InChI=1S/C9H11BrN2O2/c1-3-5(9(13)14)4(2)8(12)6(10)7(3)11/h11-12H2,1-2H3,(H,13,14). The van der Waals surface area contributed by atoms with Gasteiger partial charge in [0.05, 0.1) is 21.4 Å². The number of nitrogens with two attached hydrogens (primary N) is 2. The summed E-state index contributed by atoms with van der Waals surface area (Å²) in [7, 11) is 0. The van der Waals surface area contributed by atoms with Crippen LogP contribution in [0.2, 0.25) is 0 Å². The fraction of sp³-hybridized carbons (Fsp3) is 0.222. The number of carboxylic acids is 1. The van der Waals surface area contributed by atoms with Crippen molar-refractivity contribution < 1.29 is 9.90 Å². The van der Waals surface area contributed by atoms with Gasteiger partial charge >= 0.3 is 5.97 Å². The molecule has 0 atom stereocenters. The maximum Gasteiger partial charge on any atom is 0.336 e. The van der Waals surface area contributed by atoms with Crippen molar-refractivity contribution in [3.05, 3.63) is 21.2 Å². The number of rotatable bonds is 1. The van der Waals surface area contributed by atoms with E-state index >= 15 is 0 Å². The summed E-state index contributed by atoms with van der Waals surface area (Å²) in [6.45, 7) is 3.33. The highest BCUT2D eigenvalue weighted by Gasteiger charge is 2.18. The molecule has 0 fully saturated rings. The molecule has 1 aromatic carbocycles. The van der Waals surface area contributed by atoms with Crippen LogP contribution in [0.5, 0.6) is 0 Å². The lowest BCUT2D eigenvalue weighted by molar-refractivity contribution is 0.0695. The summed E-state index contributed by atoms with van der Waals surface area (Å²) in [5, 5.41) is 8.96. The van der Waals surface area contributed by atoms with E-state index in [9.17, 15) is 4.79 Å². The summed E-state index contributed by atoms with van der Waals surface area (Å²) in [6, 6.07) is 0. The van der Waals surface area contributed by atoms with Crippen molar-refractivity contribution in [1.82, 2.24) is 0 Å². The molecule has 1 rings (SSSR count). The quantitative estimate of drug-likeness (QED) is 0.672. The predicted molar refractivity (Wildman–Crippen MR) is 59.4 cm³/mol. The van der Waals surface area contributed by atoms with Crippen LogP contribution in [0.25, 0.3) is 0 Å². The zero-order chi connectivity index (χ0) is 11.0. The number of anilines is 2. The average Bonchev–Trinajstić information content (AvgIpc) is 2.11. The number of carbonyl (C=O) groups is 1. The van der Waals surface area contributed by atoms with Gasteiger partial charge in [0.15, 0.2) is 0 Å². The molecule has 1 aromatic rings. The molecule has 14 heavy (non-hydrogen) atoms. The second-order valence-electron chi connectivity index (χ2n) is 3.07. The highest BCUT2D eigenvalue weighted by atomic mass is 79.9. The fourth-order valence-electron chi connectivity index (χ4n) is 1.35. The zero-order valence-corrected chi connectivity index (χ0v) is 9.47. The summed E-state index contributed by atoms with van der Waals surface area (Å²) in [4.78, 5) is 10.9. The van der Waals surface area contributed by atoms with E-state index in [4.69, 9.17) is 16.6 Å². The van der Waals surface area contributed by atoms with Gasteiger partial charge in [-0.05, 0) is 40.9 Å². The van der Waals surface area contributed by atoms with Crippen molar-refractivity contribution >= 4 is 33.3 Å². The van der Waals surface area contributed by atoms with Crippen LogP contribution < -0.4 is 11.5 Å². The van der Waals surface area contributed by atoms with Gasteiger partial charge in [-0.3, -0.25) is 0 Å². The van der Waals surface area contributed by atoms with E-state index in [0.717, 1.165) is 0 Å². The molecule has 0 aliphatic rings. The number of nitrogen functional groups attached to an aromatic ring is 2. The number of hydrogen-bond donors (Lipinski definition) is 3. The SMILES string of the molecule is Cc1c(N)c(Br)c(N)c(C)c1C(=O)O. The molecule has 0 saturated heterocycles. The molecule has 5 N–H and O–H groups in total. The first-order chi connectivity index (χ1) is 6.37. The Bertz CT molecular complexity index is 387. The lowest BCUT2D eigenvalue weighted by Crippen LogP contribution is -2.09. The van der Waals surface area contributed by atoms with Gasteiger partial charge in [0.2, 0.25) is 0 Å². The lowest BCUT2D eigenvalue weighted by Gasteiger charge is -2.13. The summed E-state index contributed by atoms with van der Waals surface area (Å²) < 4.78 is 0.567. The minimum absolute atomic E-state index is 0.184. The molecule has 0 aliphatic carbocycles. The van der Waals surface area contributed by atoms with Crippen LogP contribution >= 0.6 is 15.9 Å². The first kappa shape index (κ1) is 10.8. The van der Waals surface area contributed by atoms with Gasteiger partial charge in [0.25, 0.3) is 0 Å². The van der Waals surface area contributed by atoms with Gasteiger partial charge in [-0.15, -0.1) is 0 Å². The smallest absolute Gasteiger partial charge is 0.336 e. The van der Waals surface area contributed by atoms with E-state index in [1.54, 1.807) is 13.8 Å². The number of carboxylic acid groups (broad SMARTS) is 1. The van der Waals surface area contributed by atoms with Crippen LogP contribution in [-0.2, 0) is 0 Å². The molecule has 0 bridgehead atoms. The fourth-order valence-corrected chi connectivity index (χ4v) is 1.94. The van der Waals surface area contributed by atoms with Crippen molar-refractivity contribution in [2.24, 2.45) is 0 Å².